The van der Waals surface area contributed by atoms with Crippen LogP contribution in [0, 0.1) is 6.92 Å². The lowest BCUT2D eigenvalue weighted by Crippen LogP contribution is -2.44. The van der Waals surface area contributed by atoms with E-state index in [0.717, 1.165) is 47.0 Å². The topological polar surface area (TPSA) is 41.3 Å². The van der Waals surface area contributed by atoms with Gasteiger partial charge < -0.3 is 14.6 Å². The highest BCUT2D eigenvalue weighted by Crippen LogP contribution is 2.42. The molecule has 3 aromatic rings. The Labute approximate surface area is 158 Å². The van der Waals surface area contributed by atoms with Crippen LogP contribution in [0.2, 0.25) is 5.02 Å². The van der Waals surface area contributed by atoms with Gasteiger partial charge in [0.1, 0.15) is 5.60 Å². The van der Waals surface area contributed by atoms with Crippen molar-refractivity contribution in [1.82, 2.24) is 14.5 Å². The molecule has 0 bridgehead atoms. The molecule has 0 fully saturated rings. The van der Waals surface area contributed by atoms with Crippen molar-refractivity contribution >= 4 is 22.5 Å². The minimum atomic E-state index is -0.835. The first-order valence-electron chi connectivity index (χ1n) is 9.12. The van der Waals surface area contributed by atoms with Crippen LogP contribution in [0.15, 0.2) is 30.3 Å². The molecule has 1 atom stereocenters. The highest BCUT2D eigenvalue weighted by molar-refractivity contribution is 6.31. The average Bonchev–Trinajstić information content (AvgIpc) is 2.87. The molecule has 0 amide bonds. The van der Waals surface area contributed by atoms with Crippen LogP contribution in [0.1, 0.15) is 28.2 Å². The second-order valence-corrected chi connectivity index (χ2v) is 8.25. The molecular weight excluding hydrogens is 346 g/mol. The van der Waals surface area contributed by atoms with Crippen molar-refractivity contribution in [2.45, 2.75) is 38.5 Å². The second kappa shape index (κ2) is 5.56. The molecule has 3 heterocycles. The van der Waals surface area contributed by atoms with Crippen LogP contribution >= 0.6 is 11.6 Å². The fraction of sp³-hybridized carbons (Fsp3) is 0.381. The summed E-state index contributed by atoms with van der Waals surface area (Å²) in [6, 6.07) is 10.1. The predicted octanol–water partition coefficient (Wildman–Crippen LogP) is 3.43. The lowest BCUT2D eigenvalue weighted by atomic mass is 9.76. The summed E-state index contributed by atoms with van der Waals surface area (Å²) in [6.45, 7) is 4.53. The highest BCUT2D eigenvalue weighted by Gasteiger charge is 2.43. The third kappa shape index (κ3) is 2.33. The molecule has 1 aromatic carbocycles. The zero-order valence-electron chi connectivity index (χ0n) is 15.1. The number of aromatic nitrogens is 2. The van der Waals surface area contributed by atoms with Gasteiger partial charge in [-0.2, -0.15) is 0 Å². The van der Waals surface area contributed by atoms with Crippen molar-refractivity contribution in [1.29, 1.82) is 0 Å². The van der Waals surface area contributed by atoms with Gasteiger partial charge in [-0.1, -0.05) is 17.7 Å². The number of aryl methyl sites for hydroxylation is 1. The number of fused-ring (bicyclic) bond motifs is 4. The molecule has 1 aliphatic heterocycles. The quantitative estimate of drug-likeness (QED) is 0.754. The van der Waals surface area contributed by atoms with Gasteiger partial charge in [-0.3, -0.25) is 4.98 Å². The number of pyridine rings is 1. The number of rotatable bonds is 2. The van der Waals surface area contributed by atoms with Crippen LogP contribution in [0.3, 0.4) is 0 Å². The fourth-order valence-corrected chi connectivity index (χ4v) is 4.75. The molecule has 0 saturated carbocycles. The average molecular weight is 368 g/mol. The molecule has 5 heteroatoms. The zero-order chi connectivity index (χ0) is 18.1. The lowest BCUT2D eigenvalue weighted by molar-refractivity contribution is -0.00687. The van der Waals surface area contributed by atoms with Crippen LogP contribution in [0.4, 0.5) is 0 Å². The third-order valence-electron chi connectivity index (χ3n) is 5.90. The molecule has 0 radical (unpaired) electrons. The minimum absolute atomic E-state index is 0.571. The van der Waals surface area contributed by atoms with Gasteiger partial charge >= 0.3 is 0 Å². The summed E-state index contributed by atoms with van der Waals surface area (Å²) >= 11 is 6.28. The lowest BCUT2D eigenvalue weighted by Gasteiger charge is -2.39. The first kappa shape index (κ1) is 16.3. The van der Waals surface area contributed by atoms with E-state index in [1.54, 1.807) is 0 Å². The molecule has 1 unspecified atom stereocenters. The van der Waals surface area contributed by atoms with Crippen LogP contribution in [0.5, 0.6) is 0 Å². The molecule has 0 saturated heterocycles. The summed E-state index contributed by atoms with van der Waals surface area (Å²) in [6.07, 6.45) is 1.61. The Bertz CT molecular complexity index is 1040. The van der Waals surface area contributed by atoms with E-state index in [4.69, 9.17) is 11.6 Å². The standard InChI is InChI=1S/C21H22ClN3O/c1-13-3-5-17-18(23-13)10-21(17,26)12-25-19-6-4-14(22)9-15(19)16-11-24(2)8-7-20(16)25/h3-6,9,26H,7-8,10-12H2,1-2H3. The van der Waals surface area contributed by atoms with Gasteiger partial charge in [-0.25, -0.2) is 0 Å². The number of halogens is 1. The summed E-state index contributed by atoms with van der Waals surface area (Å²) < 4.78 is 2.32. The number of nitrogens with zero attached hydrogens (tertiary/aromatic N) is 3. The molecule has 134 valence electrons. The van der Waals surface area contributed by atoms with Gasteiger partial charge in [0.15, 0.2) is 0 Å². The van der Waals surface area contributed by atoms with E-state index in [2.05, 4.69) is 33.6 Å². The van der Waals surface area contributed by atoms with Crippen molar-refractivity contribution in [3.05, 3.63) is 63.6 Å². The van der Waals surface area contributed by atoms with E-state index in [9.17, 15) is 5.11 Å². The minimum Gasteiger partial charge on any atom is -0.383 e. The SMILES string of the molecule is Cc1ccc2c(n1)CC2(O)Cn1c2c(c3cc(Cl)ccc31)CN(C)CC2. The summed E-state index contributed by atoms with van der Waals surface area (Å²) in [7, 11) is 2.15. The van der Waals surface area contributed by atoms with Crippen LogP contribution < -0.4 is 0 Å². The molecular formula is C21H22ClN3O. The smallest absolute Gasteiger partial charge is 0.115 e. The first-order chi connectivity index (χ1) is 12.4. The predicted molar refractivity (Wildman–Crippen MR) is 104 cm³/mol. The molecule has 2 aliphatic rings. The summed E-state index contributed by atoms with van der Waals surface area (Å²) in [5.41, 5.74) is 6.02. The molecule has 1 aliphatic carbocycles. The number of benzene rings is 1. The van der Waals surface area contributed by atoms with Crippen molar-refractivity contribution in [2.75, 3.05) is 13.6 Å². The number of hydrogen-bond donors (Lipinski definition) is 1. The van der Waals surface area contributed by atoms with E-state index in [1.807, 2.05) is 25.1 Å². The molecule has 2 aromatic heterocycles. The highest BCUT2D eigenvalue weighted by atomic mass is 35.5. The number of aliphatic hydroxyl groups is 1. The summed E-state index contributed by atoms with van der Waals surface area (Å²) in [5.74, 6) is 0. The van der Waals surface area contributed by atoms with Crippen LogP contribution in [0.25, 0.3) is 10.9 Å². The maximum absolute atomic E-state index is 11.3. The molecule has 1 N–H and O–H groups in total. The fourth-order valence-electron chi connectivity index (χ4n) is 4.57. The number of hydrogen-bond acceptors (Lipinski definition) is 3. The Morgan fingerprint density at radius 1 is 1.27 bits per heavy atom. The summed E-state index contributed by atoms with van der Waals surface area (Å²) in [4.78, 5) is 6.90. The Morgan fingerprint density at radius 2 is 2.12 bits per heavy atom. The van der Waals surface area contributed by atoms with Crippen molar-refractivity contribution in [3.8, 4) is 0 Å². The third-order valence-corrected chi connectivity index (χ3v) is 6.14. The second-order valence-electron chi connectivity index (χ2n) is 7.82. The molecule has 4 nitrogen and oxygen atoms in total. The largest absolute Gasteiger partial charge is 0.383 e. The summed E-state index contributed by atoms with van der Waals surface area (Å²) in [5, 5.41) is 13.3. The van der Waals surface area contributed by atoms with Gasteiger partial charge in [0.05, 0.1) is 12.2 Å². The monoisotopic (exact) mass is 367 g/mol. The Kier molecular flexibility index (Phi) is 3.48. The zero-order valence-corrected chi connectivity index (χ0v) is 15.8. The normalized spacial score (nSPS) is 22.2. The first-order valence-corrected chi connectivity index (χ1v) is 9.50. The molecule has 26 heavy (non-hydrogen) atoms. The molecule has 5 rings (SSSR count). The van der Waals surface area contributed by atoms with Crippen molar-refractivity contribution in [3.63, 3.8) is 0 Å². The van der Waals surface area contributed by atoms with Crippen molar-refractivity contribution < 1.29 is 5.11 Å². The van der Waals surface area contributed by atoms with Gasteiger partial charge in [-0.05, 0) is 43.8 Å². The maximum Gasteiger partial charge on any atom is 0.115 e. The van der Waals surface area contributed by atoms with Gasteiger partial charge in [0.25, 0.3) is 0 Å². The Balaban J connectivity index is 1.63. The van der Waals surface area contributed by atoms with Crippen LogP contribution in [-0.2, 0) is 31.5 Å². The van der Waals surface area contributed by atoms with E-state index in [1.165, 1.54) is 16.6 Å². The number of likely N-dealkylation sites (N-methyl/N-ethyl adjacent to an activating group) is 1. The molecule has 0 spiro atoms. The van der Waals surface area contributed by atoms with Crippen LogP contribution in [-0.4, -0.2) is 33.1 Å². The van der Waals surface area contributed by atoms with Gasteiger partial charge in [0.2, 0.25) is 0 Å². The van der Waals surface area contributed by atoms with Gasteiger partial charge in [0, 0.05) is 58.8 Å². The van der Waals surface area contributed by atoms with E-state index < -0.39 is 5.60 Å². The van der Waals surface area contributed by atoms with Crippen molar-refractivity contribution in [2.24, 2.45) is 0 Å². The van der Waals surface area contributed by atoms with Gasteiger partial charge in [-0.15, -0.1) is 0 Å². The van der Waals surface area contributed by atoms with E-state index in [0.29, 0.717) is 13.0 Å². The van der Waals surface area contributed by atoms with E-state index >= 15 is 0 Å². The maximum atomic E-state index is 11.3. The Hall–Kier alpha value is -1.88. The Morgan fingerprint density at radius 3 is 2.92 bits per heavy atom. The van der Waals surface area contributed by atoms with E-state index in [-0.39, 0.29) is 0 Å².